The number of hydrogen-bond donors (Lipinski definition) is 12. The number of aliphatic hydroxyl groups excluding tert-OH is 11. The first-order valence-electron chi connectivity index (χ1n) is 23.6. The van der Waals surface area contributed by atoms with Crippen molar-refractivity contribution >= 4 is 5.91 Å². The molecule has 1 amide bonds. The molecular weight excluding hydrogens is 842 g/mol. The molecule has 0 radical (unpaired) electrons. The third-order valence-electron chi connectivity index (χ3n) is 12.0. The van der Waals surface area contributed by atoms with Gasteiger partial charge in [-0.2, -0.15) is 0 Å². The maximum atomic E-state index is 12.7. The minimum atomic E-state index is -1.97. The highest BCUT2D eigenvalue weighted by Gasteiger charge is 2.53. The number of carbonyl (C=O) groups excluding carboxylic acids is 1. The van der Waals surface area contributed by atoms with Crippen molar-refractivity contribution in [3.63, 3.8) is 0 Å². The third kappa shape index (κ3) is 18.1. The minimum Gasteiger partial charge on any atom is -0.394 e. The summed E-state index contributed by atoms with van der Waals surface area (Å²) >= 11 is 0. The molecule has 3 fully saturated rings. The highest BCUT2D eigenvalue weighted by atomic mass is 16.8. The zero-order valence-electron chi connectivity index (χ0n) is 37.8. The Balaban J connectivity index is 1.51. The Hall–Kier alpha value is -1.73. The number of hydrogen-bond acceptors (Lipinski definition) is 18. The fourth-order valence-corrected chi connectivity index (χ4v) is 7.95. The monoisotopic (exact) mass is 924 g/mol. The first-order valence-corrected chi connectivity index (χ1v) is 23.6. The molecule has 0 aliphatic carbocycles. The molecule has 17 atom stereocenters. The summed E-state index contributed by atoms with van der Waals surface area (Å²) in [7, 11) is 0. The number of aliphatic hydroxyl groups is 11. The maximum absolute atomic E-state index is 12.7. The quantitative estimate of drug-likeness (QED) is 0.0324. The molecule has 0 aromatic carbocycles. The van der Waals surface area contributed by atoms with Crippen LogP contribution in [-0.4, -0.2) is 193 Å². The smallest absolute Gasteiger partial charge is 0.220 e. The Kier molecular flexibility index (Phi) is 27.7. The zero-order chi connectivity index (χ0) is 47.0. The predicted octanol–water partition coefficient (Wildman–Crippen LogP) is 0.0809. The average Bonchev–Trinajstić information content (AvgIpc) is 3.29. The van der Waals surface area contributed by atoms with Crippen LogP contribution in [0.2, 0.25) is 0 Å². The van der Waals surface area contributed by atoms with Crippen LogP contribution >= 0.6 is 0 Å². The molecule has 0 saturated carbocycles. The molecular formula is C45H81NO18. The van der Waals surface area contributed by atoms with E-state index in [0.717, 1.165) is 25.7 Å². The Morgan fingerprint density at radius 1 is 0.547 bits per heavy atom. The second-order valence-electron chi connectivity index (χ2n) is 17.2. The van der Waals surface area contributed by atoms with E-state index in [9.17, 15) is 61.0 Å². The van der Waals surface area contributed by atoms with Crippen molar-refractivity contribution in [3.8, 4) is 0 Å². The molecule has 3 rings (SSSR count). The summed E-state index contributed by atoms with van der Waals surface area (Å²) in [6.45, 7) is 1.38. The standard InChI is InChI=1S/C45H81NO18/c1-3-5-7-8-9-10-11-12-13-14-15-16-17-18-19-20-21-22-29(50)28(46-33(51)23-6-4-2)27-59-43-39(57)36(54)41(31(25-48)61-43)64-45-40(58)37(55)42(32(26-49)62-45)63-44-38(56)35(53)34(52)30(24-47)60-44/h17-18,21-22,28-32,34-45,47-50,52-58H,3-16,19-20,23-27H2,1-2H3,(H,46,51)/b18-17+,22-21+. The van der Waals surface area contributed by atoms with Crippen molar-refractivity contribution in [3.05, 3.63) is 24.3 Å². The molecule has 3 aliphatic rings. The fourth-order valence-electron chi connectivity index (χ4n) is 7.95. The number of carbonyl (C=O) groups is 1. The lowest BCUT2D eigenvalue weighted by Crippen LogP contribution is -2.66. The van der Waals surface area contributed by atoms with E-state index >= 15 is 0 Å². The number of rotatable bonds is 31. The van der Waals surface area contributed by atoms with E-state index in [1.807, 2.05) is 13.0 Å². The Bertz CT molecular complexity index is 1290. The van der Waals surface area contributed by atoms with Gasteiger partial charge in [-0.1, -0.05) is 109 Å². The number of allylic oxidation sites excluding steroid dienone is 3. The van der Waals surface area contributed by atoms with Gasteiger partial charge in [0, 0.05) is 6.42 Å². The van der Waals surface area contributed by atoms with Crippen molar-refractivity contribution < 1.29 is 89.4 Å². The van der Waals surface area contributed by atoms with E-state index in [2.05, 4.69) is 24.4 Å². The number of unbranched alkanes of at least 4 members (excludes halogenated alkanes) is 13. The van der Waals surface area contributed by atoms with E-state index in [1.165, 1.54) is 64.2 Å². The molecule has 0 bridgehead atoms. The summed E-state index contributed by atoms with van der Waals surface area (Å²) in [4.78, 5) is 12.7. The van der Waals surface area contributed by atoms with Gasteiger partial charge in [0.15, 0.2) is 18.9 Å². The summed E-state index contributed by atoms with van der Waals surface area (Å²) in [5.41, 5.74) is 0. The first-order chi connectivity index (χ1) is 30.8. The second-order valence-corrected chi connectivity index (χ2v) is 17.2. The molecule has 3 aliphatic heterocycles. The van der Waals surface area contributed by atoms with Gasteiger partial charge in [-0.3, -0.25) is 4.79 Å². The molecule has 0 spiro atoms. The van der Waals surface area contributed by atoms with Gasteiger partial charge in [-0.25, -0.2) is 0 Å². The van der Waals surface area contributed by atoms with Gasteiger partial charge in [0.25, 0.3) is 0 Å². The Labute approximate surface area is 378 Å². The lowest BCUT2D eigenvalue weighted by molar-refractivity contribution is -0.379. The van der Waals surface area contributed by atoms with Gasteiger partial charge in [0.05, 0.1) is 38.6 Å². The van der Waals surface area contributed by atoms with E-state index in [4.69, 9.17) is 28.4 Å². The molecule has 3 heterocycles. The molecule has 12 N–H and O–H groups in total. The Morgan fingerprint density at radius 3 is 1.55 bits per heavy atom. The summed E-state index contributed by atoms with van der Waals surface area (Å²) in [6, 6.07) is -0.979. The van der Waals surface area contributed by atoms with Gasteiger partial charge in [0.2, 0.25) is 5.91 Å². The molecule has 64 heavy (non-hydrogen) atoms. The van der Waals surface area contributed by atoms with Crippen LogP contribution in [0.25, 0.3) is 0 Å². The van der Waals surface area contributed by atoms with Crippen LogP contribution in [0.15, 0.2) is 24.3 Å². The van der Waals surface area contributed by atoms with Crippen LogP contribution in [0.5, 0.6) is 0 Å². The summed E-state index contributed by atoms with van der Waals surface area (Å²) in [5, 5.41) is 119. The predicted molar refractivity (Wildman–Crippen MR) is 231 cm³/mol. The molecule has 17 unspecified atom stereocenters. The van der Waals surface area contributed by atoms with E-state index in [1.54, 1.807) is 6.08 Å². The van der Waals surface area contributed by atoms with Crippen molar-refractivity contribution in [1.29, 1.82) is 0 Å². The number of nitrogens with one attached hydrogen (secondary N) is 1. The SMILES string of the molecule is CCCCCCCCCCCCC/C=C/CC/C=C/C(O)C(COC1OC(CO)C(OC2OC(CO)C(OC3OC(CO)C(O)C(O)C3O)C(O)C2O)C(O)C1O)NC(=O)CCCC. The summed E-state index contributed by atoms with van der Waals surface area (Å²) in [6.07, 6.45) is -0.799. The normalized spacial score (nSPS) is 34.7. The van der Waals surface area contributed by atoms with Crippen LogP contribution in [-0.2, 0) is 33.2 Å². The lowest BCUT2D eigenvalue weighted by atomic mass is 9.96. The van der Waals surface area contributed by atoms with Gasteiger partial charge in [-0.15, -0.1) is 0 Å². The lowest BCUT2D eigenvalue weighted by Gasteiger charge is -2.48. The van der Waals surface area contributed by atoms with E-state index in [-0.39, 0.29) is 18.9 Å². The number of ether oxygens (including phenoxy) is 6. The first kappa shape index (κ1) is 56.6. The molecule has 19 heteroatoms. The highest BCUT2D eigenvalue weighted by molar-refractivity contribution is 5.76. The topological polar surface area (TPSA) is 307 Å². The minimum absolute atomic E-state index is 0.210. The van der Waals surface area contributed by atoms with Crippen LogP contribution in [0.3, 0.4) is 0 Å². The maximum Gasteiger partial charge on any atom is 0.220 e. The van der Waals surface area contributed by atoms with Gasteiger partial charge < -0.3 is 89.9 Å². The van der Waals surface area contributed by atoms with Crippen LogP contribution in [0, 0.1) is 0 Å². The van der Waals surface area contributed by atoms with E-state index in [0.29, 0.717) is 12.8 Å². The van der Waals surface area contributed by atoms with Crippen molar-refractivity contribution in [2.75, 3.05) is 26.4 Å². The molecule has 0 aromatic heterocycles. The average molecular weight is 924 g/mol. The van der Waals surface area contributed by atoms with Crippen LogP contribution in [0.1, 0.15) is 123 Å². The van der Waals surface area contributed by atoms with Crippen LogP contribution in [0.4, 0.5) is 0 Å². The van der Waals surface area contributed by atoms with Gasteiger partial charge >= 0.3 is 0 Å². The Morgan fingerprint density at radius 2 is 1.00 bits per heavy atom. The molecule has 0 aromatic rings. The highest BCUT2D eigenvalue weighted by Crippen LogP contribution is 2.33. The molecule has 19 nitrogen and oxygen atoms in total. The number of amides is 1. The summed E-state index contributed by atoms with van der Waals surface area (Å²) < 4.78 is 33.8. The second kappa shape index (κ2) is 31.3. The van der Waals surface area contributed by atoms with Crippen molar-refractivity contribution in [2.24, 2.45) is 0 Å². The zero-order valence-corrected chi connectivity index (χ0v) is 37.8. The van der Waals surface area contributed by atoms with Crippen LogP contribution < -0.4 is 5.32 Å². The van der Waals surface area contributed by atoms with Crippen molar-refractivity contribution in [1.82, 2.24) is 5.32 Å². The largest absolute Gasteiger partial charge is 0.394 e. The molecule has 374 valence electrons. The van der Waals surface area contributed by atoms with E-state index < -0.39 is 124 Å². The fraction of sp³-hybridized carbons (Fsp3) is 0.889. The van der Waals surface area contributed by atoms with Crippen molar-refractivity contribution in [2.45, 2.75) is 227 Å². The summed E-state index contributed by atoms with van der Waals surface area (Å²) in [5.74, 6) is -0.324. The van der Waals surface area contributed by atoms with Gasteiger partial charge in [-0.05, 0) is 32.1 Å². The third-order valence-corrected chi connectivity index (χ3v) is 12.0. The van der Waals surface area contributed by atoms with Gasteiger partial charge in [0.1, 0.15) is 73.2 Å². The molecule has 3 saturated heterocycles.